The highest BCUT2D eigenvalue weighted by atomic mass is 16.5. The molecule has 3 heterocycles. The van der Waals surface area contributed by atoms with Gasteiger partial charge in [0.25, 0.3) is 5.91 Å². The quantitative estimate of drug-likeness (QED) is 0.607. The Hall–Kier alpha value is -4.20. The number of nitrogens with zero attached hydrogens (tertiary/aromatic N) is 2. The maximum atomic E-state index is 11.4. The van der Waals surface area contributed by atoms with E-state index in [0.29, 0.717) is 18.3 Å². The van der Waals surface area contributed by atoms with E-state index in [4.69, 9.17) is 14.5 Å². The van der Waals surface area contributed by atoms with Gasteiger partial charge in [-0.15, -0.1) is 0 Å². The lowest BCUT2D eigenvalue weighted by atomic mass is 10.1. The molecule has 2 aromatic carbocycles. The van der Waals surface area contributed by atoms with E-state index < -0.39 is 0 Å². The number of amides is 1. The molecule has 0 bridgehead atoms. The Kier molecular flexibility index (Phi) is 6.43. The van der Waals surface area contributed by atoms with E-state index in [2.05, 4.69) is 58.4 Å². The van der Waals surface area contributed by atoms with Gasteiger partial charge in [-0.3, -0.25) is 4.79 Å². The molecule has 180 valence electrons. The number of hydrogen-bond donors (Lipinski definition) is 3. The number of ether oxygens (including phenoxy) is 2. The van der Waals surface area contributed by atoms with Gasteiger partial charge in [-0.05, 0) is 54.8 Å². The largest absolute Gasteiger partial charge is 0.490 e. The van der Waals surface area contributed by atoms with Crippen molar-refractivity contribution in [3.05, 3.63) is 78.3 Å². The average molecular weight is 472 g/mol. The van der Waals surface area contributed by atoms with Crippen LogP contribution in [0.4, 0.5) is 11.4 Å². The molecule has 0 fully saturated rings. The number of likely N-dealkylation sites (N-methyl/N-ethyl adjacent to an activating group) is 1. The minimum Gasteiger partial charge on any atom is -0.490 e. The van der Waals surface area contributed by atoms with E-state index in [1.807, 2.05) is 36.4 Å². The summed E-state index contributed by atoms with van der Waals surface area (Å²) in [6, 6.07) is 13.6. The summed E-state index contributed by atoms with van der Waals surface area (Å²) < 4.78 is 11.2. The maximum absolute atomic E-state index is 11.4. The van der Waals surface area contributed by atoms with E-state index in [1.54, 1.807) is 7.05 Å². The third-order valence-electron chi connectivity index (χ3n) is 5.99. The highest BCUT2D eigenvalue weighted by Crippen LogP contribution is 2.34. The topological polar surface area (TPSA) is 87.2 Å². The van der Waals surface area contributed by atoms with Gasteiger partial charge in [0.1, 0.15) is 18.1 Å². The fraction of sp³-hybridized carbons (Fsp3) is 0.259. The van der Waals surface area contributed by atoms with Gasteiger partial charge in [-0.1, -0.05) is 19.1 Å². The lowest BCUT2D eigenvalue weighted by Crippen LogP contribution is -2.27. The monoisotopic (exact) mass is 471 g/mol. The van der Waals surface area contributed by atoms with Gasteiger partial charge in [-0.2, -0.15) is 0 Å². The smallest absolute Gasteiger partial charge is 0.257 e. The second kappa shape index (κ2) is 9.97. The van der Waals surface area contributed by atoms with Crippen molar-refractivity contribution in [1.82, 2.24) is 10.2 Å². The third kappa shape index (κ3) is 5.16. The number of rotatable bonds is 5. The lowest BCUT2D eigenvalue weighted by molar-refractivity contribution is -0.122. The molecular weight excluding hydrogens is 442 g/mol. The SMILES string of the molecule is CNC(=O)COc1ccc(NC2=NC(c3ccc4c(c3)NCCO4)=CN3C=CC(C)CC=C23)cc1. The number of carbonyl (C=O) groups excluding carboxylic acids is 1. The van der Waals surface area contributed by atoms with Gasteiger partial charge in [0, 0.05) is 37.2 Å². The van der Waals surface area contributed by atoms with Gasteiger partial charge >= 0.3 is 0 Å². The van der Waals surface area contributed by atoms with Crippen LogP contribution < -0.4 is 25.4 Å². The highest BCUT2D eigenvalue weighted by Gasteiger charge is 2.23. The van der Waals surface area contributed by atoms with Crippen molar-refractivity contribution >= 4 is 28.8 Å². The van der Waals surface area contributed by atoms with Gasteiger partial charge in [0.2, 0.25) is 0 Å². The lowest BCUT2D eigenvalue weighted by Gasteiger charge is -2.27. The number of anilines is 2. The second-order valence-electron chi connectivity index (χ2n) is 8.62. The van der Waals surface area contributed by atoms with E-state index in [0.717, 1.165) is 52.9 Å². The fourth-order valence-electron chi connectivity index (χ4n) is 3.99. The number of hydrogen-bond acceptors (Lipinski definition) is 7. The minimum absolute atomic E-state index is 0.0167. The normalized spacial score (nSPS) is 18.4. The zero-order chi connectivity index (χ0) is 24.2. The molecule has 1 amide bonds. The molecule has 1 unspecified atom stereocenters. The summed E-state index contributed by atoms with van der Waals surface area (Å²) in [6.07, 6.45) is 9.52. The first kappa shape index (κ1) is 22.6. The van der Waals surface area contributed by atoms with Gasteiger partial charge in [0.05, 0.1) is 17.1 Å². The number of fused-ring (bicyclic) bond motifs is 2. The van der Waals surface area contributed by atoms with Gasteiger partial charge in [0.15, 0.2) is 12.4 Å². The van der Waals surface area contributed by atoms with Crippen molar-refractivity contribution < 1.29 is 14.3 Å². The van der Waals surface area contributed by atoms with Gasteiger partial charge < -0.3 is 30.3 Å². The van der Waals surface area contributed by atoms with E-state index in [-0.39, 0.29) is 12.5 Å². The van der Waals surface area contributed by atoms with Crippen LogP contribution >= 0.6 is 0 Å². The minimum atomic E-state index is -0.172. The number of amidine groups is 1. The Morgan fingerprint density at radius 3 is 2.94 bits per heavy atom. The van der Waals surface area contributed by atoms with Crippen LogP contribution in [0.2, 0.25) is 0 Å². The molecule has 3 aliphatic rings. The summed E-state index contributed by atoms with van der Waals surface area (Å²) in [5.74, 6) is 2.52. The molecule has 3 N–H and O–H groups in total. The number of carbonyl (C=O) groups is 1. The third-order valence-corrected chi connectivity index (χ3v) is 5.99. The Morgan fingerprint density at radius 1 is 1.26 bits per heavy atom. The molecule has 2 aromatic rings. The van der Waals surface area contributed by atoms with Crippen molar-refractivity contribution in [2.45, 2.75) is 13.3 Å². The first-order valence-corrected chi connectivity index (χ1v) is 11.8. The second-order valence-corrected chi connectivity index (χ2v) is 8.62. The van der Waals surface area contributed by atoms with Crippen LogP contribution in [0.1, 0.15) is 18.9 Å². The number of aliphatic imine (C=N–C) groups is 1. The Bertz CT molecular complexity index is 1230. The van der Waals surface area contributed by atoms with Crippen LogP contribution in [0.25, 0.3) is 5.70 Å². The van der Waals surface area contributed by atoms with Crippen LogP contribution in [0.15, 0.2) is 77.7 Å². The van der Waals surface area contributed by atoms with Crippen molar-refractivity contribution in [3.8, 4) is 11.5 Å². The number of nitrogens with one attached hydrogen (secondary N) is 3. The predicted octanol–water partition coefficient (Wildman–Crippen LogP) is 4.18. The van der Waals surface area contributed by atoms with Crippen LogP contribution in [-0.2, 0) is 4.79 Å². The first-order valence-electron chi connectivity index (χ1n) is 11.8. The molecule has 0 aliphatic carbocycles. The molecule has 0 saturated carbocycles. The van der Waals surface area contributed by atoms with Crippen molar-refractivity contribution in [2.24, 2.45) is 10.9 Å². The summed E-state index contributed by atoms with van der Waals surface area (Å²) in [4.78, 5) is 18.6. The molecule has 3 aliphatic heterocycles. The summed E-state index contributed by atoms with van der Waals surface area (Å²) in [7, 11) is 1.59. The average Bonchev–Trinajstić information content (AvgIpc) is 3.09. The highest BCUT2D eigenvalue weighted by molar-refractivity contribution is 6.11. The Morgan fingerprint density at radius 2 is 2.11 bits per heavy atom. The standard InChI is InChI=1S/C27H29N5O3/c1-18-3-9-24-27(30-20-5-7-21(8-6-20)35-17-26(33)28-2)31-23(16-32(24)13-11-18)19-4-10-25-22(15-19)29-12-14-34-25/h4-11,13,15-16,18,29H,3,12,14,17H2,1-2H3,(H,28,33)(H,30,31). The van der Waals surface area contributed by atoms with Crippen LogP contribution in [-0.4, -0.2) is 43.4 Å². The molecule has 0 spiro atoms. The molecular formula is C27H29N5O3. The summed E-state index contributed by atoms with van der Waals surface area (Å²) >= 11 is 0. The summed E-state index contributed by atoms with van der Waals surface area (Å²) in [6.45, 7) is 3.64. The van der Waals surface area contributed by atoms with Crippen LogP contribution in [0.5, 0.6) is 11.5 Å². The molecule has 0 radical (unpaired) electrons. The Balaban J connectivity index is 1.42. The van der Waals surface area contributed by atoms with Crippen molar-refractivity contribution in [2.75, 3.05) is 37.4 Å². The van der Waals surface area contributed by atoms with Gasteiger partial charge in [-0.25, -0.2) is 4.99 Å². The van der Waals surface area contributed by atoms with Crippen molar-refractivity contribution in [1.29, 1.82) is 0 Å². The molecule has 8 nitrogen and oxygen atoms in total. The zero-order valence-electron chi connectivity index (χ0n) is 19.9. The zero-order valence-corrected chi connectivity index (χ0v) is 19.9. The van der Waals surface area contributed by atoms with E-state index in [9.17, 15) is 4.79 Å². The van der Waals surface area contributed by atoms with Crippen LogP contribution in [0, 0.1) is 5.92 Å². The molecule has 0 aromatic heterocycles. The fourth-order valence-corrected chi connectivity index (χ4v) is 3.99. The van der Waals surface area contributed by atoms with E-state index >= 15 is 0 Å². The number of allylic oxidation sites excluding steroid dienone is 2. The molecule has 8 heteroatoms. The molecule has 1 atom stereocenters. The summed E-state index contributed by atoms with van der Waals surface area (Å²) in [5.41, 5.74) is 4.72. The van der Waals surface area contributed by atoms with E-state index in [1.165, 1.54) is 0 Å². The predicted molar refractivity (Wildman–Crippen MR) is 138 cm³/mol. The summed E-state index contributed by atoms with van der Waals surface area (Å²) in [5, 5.41) is 9.42. The van der Waals surface area contributed by atoms with Crippen LogP contribution in [0.3, 0.4) is 0 Å². The number of benzene rings is 2. The molecule has 0 saturated heterocycles. The van der Waals surface area contributed by atoms with Crippen molar-refractivity contribution in [3.63, 3.8) is 0 Å². The molecule has 5 rings (SSSR count). The first-order chi connectivity index (χ1) is 17.1. The Labute approximate surface area is 205 Å². The maximum Gasteiger partial charge on any atom is 0.257 e. The molecule has 35 heavy (non-hydrogen) atoms.